The molecule has 0 aromatic carbocycles. The molecule has 4 heteroatoms. The van der Waals surface area contributed by atoms with Gasteiger partial charge in [0, 0.05) is 5.92 Å². The van der Waals surface area contributed by atoms with Gasteiger partial charge in [0.1, 0.15) is 6.04 Å². The fraction of sp³-hybridized carbons (Fsp3) is 0.600. The van der Waals surface area contributed by atoms with E-state index in [4.69, 9.17) is 5.11 Å². The maximum absolute atomic E-state index is 11.2. The smallest absolute Gasteiger partial charge is 0.326 e. The number of carboxylic acid groups (broad SMARTS) is 1. The van der Waals surface area contributed by atoms with Crippen molar-refractivity contribution in [1.29, 1.82) is 0 Å². The molecule has 0 fully saturated rings. The summed E-state index contributed by atoms with van der Waals surface area (Å²) in [5.74, 6) is -1.48. The fourth-order valence-corrected chi connectivity index (χ4v) is 0.887. The van der Waals surface area contributed by atoms with Crippen LogP contribution in [0.4, 0.5) is 0 Å². The molecule has 80 valence electrons. The summed E-state index contributed by atoms with van der Waals surface area (Å²) in [7, 11) is 0. The molecule has 0 aliphatic carbocycles. The third-order valence-corrected chi connectivity index (χ3v) is 1.69. The Morgan fingerprint density at radius 3 is 2.21 bits per heavy atom. The molecule has 0 aromatic rings. The van der Waals surface area contributed by atoms with E-state index < -0.39 is 12.0 Å². The highest BCUT2D eigenvalue weighted by Crippen LogP contribution is 2.03. The lowest BCUT2D eigenvalue weighted by Crippen LogP contribution is -2.42. The van der Waals surface area contributed by atoms with E-state index in [0.717, 1.165) is 5.57 Å². The van der Waals surface area contributed by atoms with Crippen molar-refractivity contribution >= 4 is 11.9 Å². The van der Waals surface area contributed by atoms with Crippen molar-refractivity contribution in [3.8, 4) is 0 Å². The van der Waals surface area contributed by atoms with E-state index in [1.165, 1.54) is 0 Å². The summed E-state index contributed by atoms with van der Waals surface area (Å²) in [5, 5.41) is 11.2. The predicted molar refractivity (Wildman–Crippen MR) is 53.8 cm³/mol. The van der Waals surface area contributed by atoms with Gasteiger partial charge in [-0.3, -0.25) is 4.79 Å². The van der Waals surface area contributed by atoms with Crippen LogP contribution >= 0.6 is 0 Å². The topological polar surface area (TPSA) is 66.4 Å². The first-order valence-electron chi connectivity index (χ1n) is 4.52. The van der Waals surface area contributed by atoms with Crippen LogP contribution in [0.3, 0.4) is 0 Å². The van der Waals surface area contributed by atoms with Gasteiger partial charge in [0.05, 0.1) is 0 Å². The Balaban J connectivity index is 4.31. The van der Waals surface area contributed by atoms with E-state index in [1.807, 2.05) is 0 Å². The van der Waals surface area contributed by atoms with Crippen molar-refractivity contribution in [2.45, 2.75) is 33.2 Å². The van der Waals surface area contributed by atoms with Gasteiger partial charge >= 0.3 is 5.97 Å². The second-order valence-corrected chi connectivity index (χ2v) is 3.72. The van der Waals surface area contributed by atoms with Gasteiger partial charge in [0.15, 0.2) is 0 Å². The maximum atomic E-state index is 11.2. The van der Waals surface area contributed by atoms with Gasteiger partial charge in [-0.05, 0) is 13.3 Å². The first-order valence-corrected chi connectivity index (χ1v) is 4.52. The number of carbonyl (C=O) groups excluding carboxylic acids is 1. The molecule has 0 heterocycles. The first-order chi connectivity index (χ1) is 6.34. The summed E-state index contributed by atoms with van der Waals surface area (Å²) in [6.45, 7) is 8.78. The molecule has 0 saturated carbocycles. The van der Waals surface area contributed by atoms with Crippen LogP contribution < -0.4 is 5.32 Å². The second-order valence-electron chi connectivity index (χ2n) is 3.72. The minimum absolute atomic E-state index is 0.207. The average molecular weight is 199 g/mol. The van der Waals surface area contributed by atoms with Crippen molar-refractivity contribution in [2.75, 3.05) is 0 Å². The van der Waals surface area contributed by atoms with Gasteiger partial charge in [-0.25, -0.2) is 4.79 Å². The van der Waals surface area contributed by atoms with Gasteiger partial charge in [0.25, 0.3) is 0 Å². The number of amides is 1. The Hall–Kier alpha value is -1.32. The molecular weight excluding hydrogens is 182 g/mol. The van der Waals surface area contributed by atoms with E-state index in [2.05, 4.69) is 11.9 Å². The van der Waals surface area contributed by atoms with Crippen molar-refractivity contribution in [1.82, 2.24) is 5.32 Å². The summed E-state index contributed by atoms with van der Waals surface area (Å²) in [5.41, 5.74) is 0.737. The first kappa shape index (κ1) is 12.7. The highest BCUT2D eigenvalue weighted by atomic mass is 16.4. The zero-order chi connectivity index (χ0) is 11.3. The van der Waals surface area contributed by atoms with Gasteiger partial charge in [-0.15, -0.1) is 6.58 Å². The van der Waals surface area contributed by atoms with Gasteiger partial charge in [-0.2, -0.15) is 0 Å². The predicted octanol–water partition coefficient (Wildman–Crippen LogP) is 1.18. The minimum atomic E-state index is -1.03. The molecule has 0 aliphatic rings. The van der Waals surface area contributed by atoms with Gasteiger partial charge in [-0.1, -0.05) is 19.4 Å². The van der Waals surface area contributed by atoms with Gasteiger partial charge < -0.3 is 10.4 Å². The second kappa shape index (κ2) is 5.42. The molecule has 0 rings (SSSR count). The Labute approximate surface area is 84.0 Å². The van der Waals surface area contributed by atoms with Crippen molar-refractivity contribution < 1.29 is 14.7 Å². The Morgan fingerprint density at radius 1 is 1.43 bits per heavy atom. The zero-order valence-corrected chi connectivity index (χ0v) is 8.83. The molecular formula is C10H17NO3. The molecule has 2 N–H and O–H groups in total. The molecule has 0 saturated heterocycles. The van der Waals surface area contributed by atoms with Crippen molar-refractivity contribution in [3.63, 3.8) is 0 Å². The largest absolute Gasteiger partial charge is 0.480 e. The van der Waals surface area contributed by atoms with Crippen LogP contribution in [-0.2, 0) is 9.59 Å². The molecule has 0 aromatic heterocycles. The molecule has 0 spiro atoms. The third kappa shape index (κ3) is 4.64. The van der Waals surface area contributed by atoms with E-state index >= 15 is 0 Å². The standard InChI is InChI=1S/C10H17NO3/c1-6(2)5-8(10(13)14)11-9(12)7(3)4/h7-8H,1,5H2,2-4H3,(H,11,12)(H,13,14)/t8-/m0/s1. The molecule has 1 atom stereocenters. The van der Waals surface area contributed by atoms with E-state index in [0.29, 0.717) is 0 Å². The van der Waals surface area contributed by atoms with Crippen LogP contribution in [-0.4, -0.2) is 23.0 Å². The number of rotatable bonds is 5. The summed E-state index contributed by atoms with van der Waals surface area (Å²) in [6, 6.07) is -0.859. The molecule has 1 amide bonds. The Morgan fingerprint density at radius 2 is 1.93 bits per heavy atom. The van der Waals surface area contributed by atoms with Crippen LogP contribution in [0.15, 0.2) is 12.2 Å². The summed E-state index contributed by atoms with van der Waals surface area (Å²) in [4.78, 5) is 22.0. The lowest BCUT2D eigenvalue weighted by Gasteiger charge is -2.15. The van der Waals surface area contributed by atoms with Crippen LogP contribution in [0, 0.1) is 5.92 Å². The number of carboxylic acids is 1. The highest BCUT2D eigenvalue weighted by Gasteiger charge is 2.20. The van der Waals surface area contributed by atoms with Crippen LogP contribution in [0.1, 0.15) is 27.2 Å². The molecule has 0 aliphatic heterocycles. The molecule has 0 radical (unpaired) electrons. The summed E-state index contributed by atoms with van der Waals surface area (Å²) >= 11 is 0. The number of nitrogens with one attached hydrogen (secondary N) is 1. The third-order valence-electron chi connectivity index (χ3n) is 1.69. The van der Waals surface area contributed by atoms with E-state index in [9.17, 15) is 9.59 Å². The van der Waals surface area contributed by atoms with Crippen molar-refractivity contribution in [3.05, 3.63) is 12.2 Å². The van der Waals surface area contributed by atoms with Crippen molar-refractivity contribution in [2.24, 2.45) is 5.92 Å². The zero-order valence-electron chi connectivity index (χ0n) is 8.83. The maximum Gasteiger partial charge on any atom is 0.326 e. The number of aliphatic carboxylic acids is 1. The molecule has 0 bridgehead atoms. The fourth-order valence-electron chi connectivity index (χ4n) is 0.887. The normalized spacial score (nSPS) is 12.3. The van der Waals surface area contributed by atoms with E-state index in [1.54, 1.807) is 20.8 Å². The monoisotopic (exact) mass is 199 g/mol. The quantitative estimate of drug-likeness (QED) is 0.653. The van der Waals surface area contributed by atoms with Crippen LogP contribution in [0.2, 0.25) is 0 Å². The lowest BCUT2D eigenvalue weighted by molar-refractivity contribution is -0.142. The number of hydrogen-bond acceptors (Lipinski definition) is 2. The molecule has 14 heavy (non-hydrogen) atoms. The van der Waals surface area contributed by atoms with E-state index in [-0.39, 0.29) is 18.2 Å². The summed E-state index contributed by atoms with van der Waals surface area (Å²) < 4.78 is 0. The summed E-state index contributed by atoms with van der Waals surface area (Å²) in [6.07, 6.45) is 0.272. The Bertz CT molecular complexity index is 246. The molecule has 0 unspecified atom stereocenters. The number of hydrogen-bond donors (Lipinski definition) is 2. The van der Waals surface area contributed by atoms with Gasteiger partial charge in [0.2, 0.25) is 5.91 Å². The highest BCUT2D eigenvalue weighted by molar-refractivity contribution is 5.84. The lowest BCUT2D eigenvalue weighted by atomic mass is 10.1. The van der Waals surface area contributed by atoms with Crippen LogP contribution in [0.5, 0.6) is 0 Å². The SMILES string of the molecule is C=C(C)C[C@H](NC(=O)C(C)C)C(=O)O. The molecule has 4 nitrogen and oxygen atoms in total. The van der Waals surface area contributed by atoms with Crippen LogP contribution in [0.25, 0.3) is 0 Å². The average Bonchev–Trinajstić information content (AvgIpc) is 2.01. The Kier molecular flexibility index (Phi) is 4.91. The minimum Gasteiger partial charge on any atom is -0.480 e. The number of carbonyl (C=O) groups is 2.